The quantitative estimate of drug-likeness (QED) is 0.770. The second-order valence-corrected chi connectivity index (χ2v) is 10.2. The molecule has 0 aromatic carbocycles. The van der Waals surface area contributed by atoms with Crippen LogP contribution in [0.25, 0.3) is 17.3 Å². The van der Waals surface area contributed by atoms with Crippen LogP contribution >= 0.6 is 0 Å². The van der Waals surface area contributed by atoms with Gasteiger partial charge in [0.1, 0.15) is 6.17 Å². The Morgan fingerprint density at radius 2 is 2.21 bits per heavy atom. The van der Waals surface area contributed by atoms with E-state index in [4.69, 9.17) is 9.72 Å². The van der Waals surface area contributed by atoms with E-state index < -0.39 is 15.9 Å². The van der Waals surface area contributed by atoms with Crippen LogP contribution in [0, 0.1) is 0 Å². The maximum absolute atomic E-state index is 13.3. The summed E-state index contributed by atoms with van der Waals surface area (Å²) in [6, 6.07) is 6.07. The highest BCUT2D eigenvalue weighted by Crippen LogP contribution is 2.35. The van der Waals surface area contributed by atoms with Crippen molar-refractivity contribution in [2.24, 2.45) is 4.36 Å². The lowest BCUT2D eigenvalue weighted by Gasteiger charge is -2.35. The molecule has 3 aliphatic rings. The molecule has 0 spiro atoms. The maximum Gasteiger partial charge on any atom is 0.164 e. The van der Waals surface area contributed by atoms with Crippen molar-refractivity contribution in [1.29, 1.82) is 0 Å². The Morgan fingerprint density at radius 1 is 1.34 bits per heavy atom. The normalized spacial score (nSPS) is 28.1. The minimum absolute atomic E-state index is 0.00437. The molecule has 5 rings (SSSR count). The number of pyridine rings is 2. The third-order valence-electron chi connectivity index (χ3n) is 5.58. The van der Waals surface area contributed by atoms with E-state index in [1.807, 2.05) is 18.2 Å². The molecule has 2 aromatic rings. The van der Waals surface area contributed by atoms with Gasteiger partial charge in [-0.3, -0.25) is 4.98 Å². The first kappa shape index (κ1) is 18.7. The molecule has 2 aliphatic heterocycles. The Balaban J connectivity index is 1.64. The molecule has 152 valence electrons. The number of rotatable bonds is 3. The van der Waals surface area contributed by atoms with Gasteiger partial charge >= 0.3 is 0 Å². The van der Waals surface area contributed by atoms with E-state index in [9.17, 15) is 8.60 Å². The average Bonchev–Trinajstić information content (AvgIpc) is 3.15. The molecule has 0 saturated carbocycles. The van der Waals surface area contributed by atoms with Crippen LogP contribution in [-0.4, -0.2) is 57.7 Å². The van der Waals surface area contributed by atoms with E-state index in [0.29, 0.717) is 19.0 Å². The molecule has 1 atom stereocenters. The number of hydrogen-bond donors (Lipinski definition) is 0. The number of halogens is 1. The van der Waals surface area contributed by atoms with Crippen LogP contribution in [0.5, 0.6) is 0 Å². The van der Waals surface area contributed by atoms with Gasteiger partial charge in [-0.25, -0.2) is 13.6 Å². The van der Waals surface area contributed by atoms with Crippen LogP contribution in [-0.2, 0) is 20.9 Å². The minimum atomic E-state index is -2.54. The highest BCUT2D eigenvalue weighted by atomic mass is 32.2. The fraction of sp³-hybridized carbons (Fsp3) is 0.429. The Labute approximate surface area is 170 Å². The van der Waals surface area contributed by atoms with E-state index >= 15 is 0 Å². The third kappa shape index (κ3) is 3.55. The second-order valence-electron chi connectivity index (χ2n) is 7.81. The monoisotopic (exact) mass is 414 g/mol. The summed E-state index contributed by atoms with van der Waals surface area (Å²) in [4.78, 5) is 11.4. The zero-order valence-corrected chi connectivity index (χ0v) is 17.1. The Bertz CT molecular complexity index is 1100. The van der Waals surface area contributed by atoms with Gasteiger partial charge in [-0.2, -0.15) is 4.36 Å². The molecule has 0 N–H and O–H groups in total. The van der Waals surface area contributed by atoms with Gasteiger partial charge in [0.2, 0.25) is 0 Å². The zero-order chi connectivity index (χ0) is 20.0. The predicted molar refractivity (Wildman–Crippen MR) is 113 cm³/mol. The number of fused-ring (bicyclic) bond motifs is 1. The Morgan fingerprint density at radius 3 is 3.00 bits per heavy atom. The lowest BCUT2D eigenvalue weighted by molar-refractivity contribution is 0.0989. The maximum atomic E-state index is 13.3. The molecular weight excluding hydrogens is 391 g/mol. The molecule has 0 radical (unpaired) electrons. The van der Waals surface area contributed by atoms with E-state index in [2.05, 4.69) is 33.3 Å². The number of allylic oxidation sites excluding steroid dienone is 1. The van der Waals surface area contributed by atoms with Crippen molar-refractivity contribution in [3.05, 3.63) is 41.7 Å². The minimum Gasteiger partial charge on any atom is -0.377 e. The lowest BCUT2D eigenvalue weighted by atomic mass is 10.0. The second kappa shape index (κ2) is 7.18. The van der Waals surface area contributed by atoms with Crippen LogP contribution in [0.2, 0.25) is 0 Å². The van der Waals surface area contributed by atoms with Crippen molar-refractivity contribution in [3.8, 4) is 11.3 Å². The summed E-state index contributed by atoms with van der Waals surface area (Å²) < 4.78 is 36.0. The molecule has 2 saturated heterocycles. The molecule has 4 heterocycles. The standard InChI is InChI=1S/C21H23FN4O2S/c1-14-11-28-8-7-26(14)16-9-20(18-5-6-23-19-4-2-3-17(18)19)24-21(10-16)25-29(27)12-15(22)13-29/h2-3,5-6,9-10,14-15H,4,7-8,11-13H2,1H3/t14-,15?,29?/m1/s1. The number of alkyl halides is 1. The summed E-state index contributed by atoms with van der Waals surface area (Å²) in [6.45, 7) is 4.18. The van der Waals surface area contributed by atoms with Crippen LogP contribution < -0.4 is 4.90 Å². The van der Waals surface area contributed by atoms with Gasteiger partial charge < -0.3 is 9.64 Å². The summed E-state index contributed by atoms with van der Waals surface area (Å²) in [6.07, 6.45) is 5.74. The topological polar surface area (TPSA) is 67.7 Å². The van der Waals surface area contributed by atoms with Crippen molar-refractivity contribution in [2.75, 3.05) is 36.2 Å². The Kier molecular flexibility index (Phi) is 4.63. The molecule has 0 bridgehead atoms. The van der Waals surface area contributed by atoms with Gasteiger partial charge in [0.25, 0.3) is 0 Å². The number of hydrogen-bond acceptors (Lipinski definition) is 6. The smallest absolute Gasteiger partial charge is 0.164 e. The van der Waals surface area contributed by atoms with Crippen LogP contribution in [0.4, 0.5) is 15.9 Å². The highest BCUT2D eigenvalue weighted by molar-refractivity contribution is 7.95. The van der Waals surface area contributed by atoms with Crippen molar-refractivity contribution in [2.45, 2.75) is 25.6 Å². The van der Waals surface area contributed by atoms with Gasteiger partial charge in [-0.1, -0.05) is 12.2 Å². The summed E-state index contributed by atoms with van der Waals surface area (Å²) in [5.74, 6) is 0.395. The molecule has 29 heavy (non-hydrogen) atoms. The summed E-state index contributed by atoms with van der Waals surface area (Å²) in [5, 5.41) is 0. The summed E-state index contributed by atoms with van der Waals surface area (Å²) in [7, 11) is -2.54. The molecule has 0 amide bonds. The Hall–Kier alpha value is -2.32. The number of nitrogens with zero attached hydrogens (tertiary/aromatic N) is 4. The van der Waals surface area contributed by atoms with Gasteiger partial charge in [0.05, 0.1) is 45.8 Å². The van der Waals surface area contributed by atoms with E-state index in [0.717, 1.165) is 41.2 Å². The number of anilines is 1. The number of ether oxygens (including phenoxy) is 1. The third-order valence-corrected chi connectivity index (χ3v) is 7.87. The van der Waals surface area contributed by atoms with Gasteiger partial charge in [-0.15, -0.1) is 0 Å². The van der Waals surface area contributed by atoms with Gasteiger partial charge in [-0.05, 0) is 19.1 Å². The van der Waals surface area contributed by atoms with Crippen molar-refractivity contribution in [1.82, 2.24) is 9.97 Å². The largest absolute Gasteiger partial charge is 0.377 e. The first-order valence-electron chi connectivity index (χ1n) is 9.89. The molecule has 2 aromatic heterocycles. The van der Waals surface area contributed by atoms with E-state index in [-0.39, 0.29) is 17.5 Å². The lowest BCUT2D eigenvalue weighted by Crippen LogP contribution is -2.43. The molecule has 2 fully saturated rings. The van der Waals surface area contributed by atoms with Crippen molar-refractivity contribution in [3.63, 3.8) is 0 Å². The molecule has 0 unspecified atom stereocenters. The fourth-order valence-electron chi connectivity index (χ4n) is 4.10. The predicted octanol–water partition coefficient (Wildman–Crippen LogP) is 3.39. The fourth-order valence-corrected chi connectivity index (χ4v) is 5.72. The van der Waals surface area contributed by atoms with Crippen LogP contribution in [0.3, 0.4) is 0 Å². The molecule has 8 heteroatoms. The van der Waals surface area contributed by atoms with E-state index in [1.165, 1.54) is 0 Å². The van der Waals surface area contributed by atoms with Gasteiger partial charge in [0, 0.05) is 48.1 Å². The van der Waals surface area contributed by atoms with Gasteiger partial charge in [0.15, 0.2) is 5.82 Å². The number of aromatic nitrogens is 2. The highest BCUT2D eigenvalue weighted by Gasteiger charge is 2.32. The molecular formula is C21H23FN4O2S. The summed E-state index contributed by atoms with van der Waals surface area (Å²) in [5.41, 5.74) is 4.81. The first-order chi connectivity index (χ1) is 14.0. The van der Waals surface area contributed by atoms with E-state index in [1.54, 1.807) is 6.20 Å². The summed E-state index contributed by atoms with van der Waals surface area (Å²) >= 11 is 0. The molecule has 1 aliphatic carbocycles. The average molecular weight is 415 g/mol. The first-order valence-corrected chi connectivity index (χ1v) is 11.7. The van der Waals surface area contributed by atoms with Crippen LogP contribution in [0.15, 0.2) is 34.8 Å². The number of morpholine rings is 1. The van der Waals surface area contributed by atoms with Crippen molar-refractivity contribution < 1.29 is 13.3 Å². The van der Waals surface area contributed by atoms with Crippen LogP contribution in [0.1, 0.15) is 18.2 Å². The SMILES string of the molecule is C[C@@H]1COCCN1c1cc(N=S2(=O)CC(F)C2)nc(-c2ccnc3c2C=CC3)c1. The molecule has 6 nitrogen and oxygen atoms in total. The van der Waals surface area contributed by atoms with Crippen molar-refractivity contribution >= 4 is 27.3 Å². The zero-order valence-electron chi connectivity index (χ0n) is 16.3.